The van der Waals surface area contributed by atoms with E-state index in [0.29, 0.717) is 6.42 Å². The van der Waals surface area contributed by atoms with Gasteiger partial charge in [-0.3, -0.25) is 9.59 Å². The molecule has 0 radical (unpaired) electrons. The standard InChI is InChI=1S/C34H34O15/c1-4-20-21-13-14-42-31(40)23(21)15-44-33(20)49-34-29(48-30(39)19-9-6-5-7-10-19)28(45-18(3)36)27(25(46-34)16-43-17(2)35)47-32(41)22-11-8-12-24(37)26(22)38/h4-12,15,20-21,25,27-29,33-34,37-38H,1,13-14,16H2,2-3H3/t20-,21+,25-,27-,28+,29-,33+,34+/m1/s1. The fourth-order valence-corrected chi connectivity index (χ4v) is 5.72. The molecule has 0 aliphatic carbocycles. The van der Waals surface area contributed by atoms with Crippen LogP contribution in [-0.4, -0.2) is 90.3 Å². The van der Waals surface area contributed by atoms with E-state index in [1.807, 2.05) is 0 Å². The van der Waals surface area contributed by atoms with Gasteiger partial charge in [-0.2, -0.15) is 0 Å². The molecule has 2 saturated heterocycles. The molecule has 3 aliphatic heterocycles. The summed E-state index contributed by atoms with van der Waals surface area (Å²) in [6.45, 7) is 5.64. The Kier molecular flexibility index (Phi) is 10.8. The summed E-state index contributed by atoms with van der Waals surface area (Å²) < 4.78 is 45.7. The summed E-state index contributed by atoms with van der Waals surface area (Å²) in [5.41, 5.74) is -0.0726. The minimum Gasteiger partial charge on any atom is -0.504 e. The van der Waals surface area contributed by atoms with E-state index >= 15 is 0 Å². The molecule has 15 heteroatoms. The zero-order valence-electron chi connectivity index (χ0n) is 26.4. The van der Waals surface area contributed by atoms with Gasteiger partial charge in [-0.15, -0.1) is 6.58 Å². The smallest absolute Gasteiger partial charge is 0.342 e. The van der Waals surface area contributed by atoms with Crippen LogP contribution in [0.5, 0.6) is 11.5 Å². The van der Waals surface area contributed by atoms with E-state index in [1.54, 1.807) is 18.2 Å². The summed E-state index contributed by atoms with van der Waals surface area (Å²) >= 11 is 0. The Morgan fingerprint density at radius 1 is 0.898 bits per heavy atom. The molecule has 15 nitrogen and oxygen atoms in total. The zero-order valence-corrected chi connectivity index (χ0v) is 26.4. The molecule has 2 aromatic carbocycles. The highest BCUT2D eigenvalue weighted by atomic mass is 16.8. The molecule has 8 atom stereocenters. The van der Waals surface area contributed by atoms with Crippen molar-refractivity contribution >= 4 is 29.8 Å². The van der Waals surface area contributed by atoms with Gasteiger partial charge in [0.05, 0.1) is 24.0 Å². The largest absolute Gasteiger partial charge is 0.504 e. The number of carbonyl (C=O) groups excluding carboxylic acids is 5. The van der Waals surface area contributed by atoms with Crippen LogP contribution in [0.3, 0.4) is 0 Å². The molecule has 3 aliphatic rings. The maximum Gasteiger partial charge on any atom is 0.342 e. The van der Waals surface area contributed by atoms with Crippen molar-refractivity contribution < 1.29 is 72.1 Å². The van der Waals surface area contributed by atoms with Crippen molar-refractivity contribution in [3.8, 4) is 11.5 Å². The van der Waals surface area contributed by atoms with Crippen LogP contribution < -0.4 is 0 Å². The number of phenolic OH excluding ortho intramolecular Hbond substituents is 2. The Labute approximate surface area is 279 Å². The third-order valence-electron chi connectivity index (χ3n) is 8.02. The summed E-state index contributed by atoms with van der Waals surface area (Å²) in [7, 11) is 0. The van der Waals surface area contributed by atoms with Crippen LogP contribution in [0, 0.1) is 11.8 Å². The molecular formula is C34H34O15. The van der Waals surface area contributed by atoms with Gasteiger partial charge in [0.2, 0.25) is 12.6 Å². The van der Waals surface area contributed by atoms with Gasteiger partial charge in [0, 0.05) is 25.7 Å². The van der Waals surface area contributed by atoms with Crippen LogP contribution >= 0.6 is 0 Å². The molecule has 0 spiro atoms. The second-order valence-electron chi connectivity index (χ2n) is 11.3. The number of ether oxygens (including phenoxy) is 8. The number of fused-ring (bicyclic) bond motifs is 1. The van der Waals surface area contributed by atoms with Crippen LogP contribution in [0.25, 0.3) is 0 Å². The van der Waals surface area contributed by atoms with E-state index in [2.05, 4.69) is 6.58 Å². The highest BCUT2D eigenvalue weighted by Gasteiger charge is 2.55. The average molecular weight is 683 g/mol. The van der Waals surface area contributed by atoms with E-state index in [0.717, 1.165) is 19.9 Å². The fraction of sp³-hybridized carbons (Fsp3) is 0.382. The molecule has 0 amide bonds. The van der Waals surface area contributed by atoms with Gasteiger partial charge in [0.1, 0.15) is 18.3 Å². The first kappa shape index (κ1) is 34.9. The van der Waals surface area contributed by atoms with E-state index in [9.17, 15) is 34.2 Å². The molecule has 260 valence electrons. The number of phenols is 2. The molecule has 2 N–H and O–H groups in total. The second-order valence-corrected chi connectivity index (χ2v) is 11.3. The van der Waals surface area contributed by atoms with Crippen molar-refractivity contribution in [3.63, 3.8) is 0 Å². The Morgan fingerprint density at radius 2 is 1.63 bits per heavy atom. The van der Waals surface area contributed by atoms with Gasteiger partial charge in [0.15, 0.2) is 29.8 Å². The number of esters is 5. The molecule has 0 bridgehead atoms. The van der Waals surface area contributed by atoms with Crippen molar-refractivity contribution in [1.29, 1.82) is 0 Å². The first-order chi connectivity index (χ1) is 23.5. The van der Waals surface area contributed by atoms with Crippen molar-refractivity contribution in [2.75, 3.05) is 13.2 Å². The number of cyclic esters (lactones) is 1. The second kappa shape index (κ2) is 15.2. The van der Waals surface area contributed by atoms with Gasteiger partial charge in [-0.1, -0.05) is 30.3 Å². The van der Waals surface area contributed by atoms with E-state index in [4.69, 9.17) is 37.9 Å². The lowest BCUT2D eigenvalue weighted by Gasteiger charge is -2.46. The van der Waals surface area contributed by atoms with Gasteiger partial charge >= 0.3 is 29.8 Å². The van der Waals surface area contributed by atoms with Crippen molar-refractivity contribution in [3.05, 3.63) is 84.1 Å². The molecule has 0 aromatic heterocycles. The number of para-hydroxylation sites is 1. The summed E-state index contributed by atoms with van der Waals surface area (Å²) in [5.74, 6) is -6.70. The predicted octanol–water partition coefficient (Wildman–Crippen LogP) is 2.69. The molecule has 3 heterocycles. The third-order valence-corrected chi connectivity index (χ3v) is 8.02. The summed E-state index contributed by atoms with van der Waals surface area (Å²) in [6, 6.07) is 11.4. The van der Waals surface area contributed by atoms with Crippen LogP contribution in [0.2, 0.25) is 0 Å². The fourth-order valence-electron chi connectivity index (χ4n) is 5.72. The molecular weight excluding hydrogens is 648 g/mol. The predicted molar refractivity (Wildman–Crippen MR) is 162 cm³/mol. The minimum atomic E-state index is -1.66. The first-order valence-corrected chi connectivity index (χ1v) is 15.2. The van der Waals surface area contributed by atoms with Crippen molar-refractivity contribution in [2.24, 2.45) is 11.8 Å². The number of carbonyl (C=O) groups is 5. The van der Waals surface area contributed by atoms with E-state index < -0.39 is 102 Å². The lowest BCUT2D eigenvalue weighted by atomic mass is 9.81. The highest BCUT2D eigenvalue weighted by molar-refractivity contribution is 5.93. The van der Waals surface area contributed by atoms with Gasteiger partial charge in [0.25, 0.3) is 0 Å². The van der Waals surface area contributed by atoms with Crippen molar-refractivity contribution in [1.82, 2.24) is 0 Å². The van der Waals surface area contributed by atoms with Crippen LogP contribution in [0.1, 0.15) is 41.0 Å². The van der Waals surface area contributed by atoms with Crippen LogP contribution in [-0.2, 0) is 52.3 Å². The number of benzene rings is 2. The zero-order chi connectivity index (χ0) is 35.2. The molecule has 2 fully saturated rings. The number of hydrogen-bond donors (Lipinski definition) is 2. The Balaban J connectivity index is 1.54. The molecule has 0 saturated carbocycles. The quantitative estimate of drug-likeness (QED) is 0.160. The van der Waals surface area contributed by atoms with E-state index in [-0.39, 0.29) is 17.7 Å². The SMILES string of the molecule is C=C[C@H]1[C@H](O[C@@H]2O[C@H](COC(C)=O)[C@@H](OC(=O)c3cccc(O)c3O)[C@H](OC(C)=O)[C@H]2OC(=O)c2ccccc2)OC=C2C(=O)OCC[C@H]21. The Bertz CT molecular complexity index is 1620. The number of aromatic hydroxyl groups is 2. The normalized spacial score (nSPS) is 27.6. The molecule has 0 unspecified atom stereocenters. The monoisotopic (exact) mass is 682 g/mol. The third kappa shape index (κ3) is 7.84. The van der Waals surface area contributed by atoms with Gasteiger partial charge in [-0.25, -0.2) is 14.4 Å². The summed E-state index contributed by atoms with van der Waals surface area (Å²) in [5, 5.41) is 20.3. The first-order valence-electron chi connectivity index (χ1n) is 15.2. The van der Waals surface area contributed by atoms with E-state index in [1.165, 1.54) is 36.6 Å². The molecule has 49 heavy (non-hydrogen) atoms. The van der Waals surface area contributed by atoms with Gasteiger partial charge in [-0.05, 0) is 30.7 Å². The maximum atomic E-state index is 13.4. The highest BCUT2D eigenvalue weighted by Crippen LogP contribution is 2.40. The molecule has 2 aromatic rings. The summed E-state index contributed by atoms with van der Waals surface area (Å²) in [6.07, 6.45) is -6.03. The topological polar surface area (TPSA) is 200 Å². The van der Waals surface area contributed by atoms with Crippen LogP contribution in [0.4, 0.5) is 0 Å². The average Bonchev–Trinajstić information content (AvgIpc) is 3.07. The van der Waals surface area contributed by atoms with Crippen LogP contribution in [0.15, 0.2) is 73.0 Å². The Hall–Kier alpha value is -5.41. The Morgan fingerprint density at radius 3 is 2.33 bits per heavy atom. The molecule has 5 rings (SSSR count). The van der Waals surface area contributed by atoms with Gasteiger partial charge < -0.3 is 48.1 Å². The lowest BCUT2D eigenvalue weighted by Crippen LogP contribution is -2.63. The minimum absolute atomic E-state index is 0.106. The lowest BCUT2D eigenvalue weighted by molar-refractivity contribution is -0.338. The number of hydrogen-bond acceptors (Lipinski definition) is 15. The number of rotatable bonds is 10. The van der Waals surface area contributed by atoms with Crippen molar-refractivity contribution in [2.45, 2.75) is 57.3 Å². The summed E-state index contributed by atoms with van der Waals surface area (Å²) in [4.78, 5) is 63.6. The maximum absolute atomic E-state index is 13.4.